The van der Waals surface area contributed by atoms with Gasteiger partial charge in [0.1, 0.15) is 11.6 Å². The van der Waals surface area contributed by atoms with E-state index in [1.54, 1.807) is 54.3 Å². The van der Waals surface area contributed by atoms with Gasteiger partial charge in [0.05, 0.1) is 18.5 Å². The lowest BCUT2D eigenvalue weighted by Crippen LogP contribution is -2.07. The molecule has 3 rings (SSSR count). The highest BCUT2D eigenvalue weighted by Gasteiger charge is 2.11. The third-order valence-corrected chi connectivity index (χ3v) is 4.18. The molecule has 3 aromatic rings. The van der Waals surface area contributed by atoms with E-state index in [1.165, 1.54) is 18.2 Å². The van der Waals surface area contributed by atoms with E-state index >= 15 is 0 Å². The first-order valence-corrected chi connectivity index (χ1v) is 8.43. The van der Waals surface area contributed by atoms with Crippen molar-refractivity contribution in [3.05, 3.63) is 77.4 Å². The molecular weight excluding hydrogens is 345 g/mol. The quantitative estimate of drug-likeness (QED) is 0.686. The van der Waals surface area contributed by atoms with Crippen molar-refractivity contribution < 1.29 is 13.9 Å². The molecule has 0 unspecified atom stereocenters. The van der Waals surface area contributed by atoms with Crippen molar-refractivity contribution in [3.63, 3.8) is 0 Å². The molecule has 5 nitrogen and oxygen atoms in total. The highest BCUT2D eigenvalue weighted by molar-refractivity contribution is 6.02. The van der Waals surface area contributed by atoms with E-state index < -0.39 is 0 Å². The number of hydrogen-bond acceptors (Lipinski definition) is 3. The summed E-state index contributed by atoms with van der Waals surface area (Å²) in [4.78, 5) is 12.2. The maximum Gasteiger partial charge on any atom is 0.248 e. The van der Waals surface area contributed by atoms with Crippen LogP contribution in [0.4, 0.5) is 10.1 Å². The van der Waals surface area contributed by atoms with Gasteiger partial charge in [-0.3, -0.25) is 4.79 Å². The predicted octanol–water partition coefficient (Wildman–Crippen LogP) is 4.29. The molecule has 1 N–H and O–H groups in total. The molecule has 0 spiro atoms. The van der Waals surface area contributed by atoms with Gasteiger partial charge in [0.25, 0.3) is 0 Å². The number of halogens is 1. The molecule has 0 radical (unpaired) electrons. The number of carbonyl (C=O) groups is 1. The number of nitrogens with zero attached hydrogens (tertiary/aromatic N) is 2. The molecule has 0 fully saturated rings. The third-order valence-electron chi connectivity index (χ3n) is 4.18. The van der Waals surface area contributed by atoms with Gasteiger partial charge in [-0.25, -0.2) is 9.07 Å². The van der Waals surface area contributed by atoms with Gasteiger partial charge >= 0.3 is 0 Å². The summed E-state index contributed by atoms with van der Waals surface area (Å²) in [7, 11) is 1.59. The highest BCUT2D eigenvalue weighted by atomic mass is 19.1. The van der Waals surface area contributed by atoms with Crippen LogP contribution in [0.15, 0.2) is 54.6 Å². The zero-order valence-corrected chi connectivity index (χ0v) is 15.4. The zero-order valence-electron chi connectivity index (χ0n) is 15.4. The minimum absolute atomic E-state index is 0.242. The number of methoxy groups -OCH3 is 1. The van der Waals surface area contributed by atoms with E-state index in [-0.39, 0.29) is 11.7 Å². The molecule has 0 atom stereocenters. The van der Waals surface area contributed by atoms with Crippen LogP contribution < -0.4 is 10.1 Å². The van der Waals surface area contributed by atoms with Crippen molar-refractivity contribution in [2.45, 2.75) is 13.8 Å². The van der Waals surface area contributed by atoms with Gasteiger partial charge in [0.15, 0.2) is 0 Å². The third kappa shape index (κ3) is 4.23. The summed E-state index contributed by atoms with van der Waals surface area (Å²) in [5.41, 5.74) is 3.95. The number of nitrogens with one attached hydrogen (secondary N) is 1. The normalized spacial score (nSPS) is 11.0. The minimum atomic E-state index is -0.296. The first-order valence-electron chi connectivity index (χ1n) is 8.43. The van der Waals surface area contributed by atoms with Crippen molar-refractivity contribution in [3.8, 4) is 11.4 Å². The second-order valence-electron chi connectivity index (χ2n) is 6.02. The molecule has 0 saturated carbocycles. The SMILES string of the molecule is COc1ccc(NC(=O)/C=C/c2c(C)nn(-c3ccc(F)cc3)c2C)cc1. The minimum Gasteiger partial charge on any atom is -0.497 e. The lowest BCUT2D eigenvalue weighted by Gasteiger charge is -2.04. The number of rotatable bonds is 5. The Labute approximate surface area is 157 Å². The monoisotopic (exact) mass is 365 g/mol. The van der Waals surface area contributed by atoms with E-state index in [0.717, 1.165) is 28.4 Å². The summed E-state index contributed by atoms with van der Waals surface area (Å²) in [6.07, 6.45) is 3.20. The number of amides is 1. The maximum absolute atomic E-state index is 13.1. The van der Waals surface area contributed by atoms with E-state index in [9.17, 15) is 9.18 Å². The summed E-state index contributed by atoms with van der Waals surface area (Å²) in [5, 5.41) is 7.29. The second-order valence-corrected chi connectivity index (χ2v) is 6.02. The molecule has 0 saturated heterocycles. The number of benzene rings is 2. The molecule has 0 aliphatic carbocycles. The van der Waals surface area contributed by atoms with Gasteiger partial charge in [0, 0.05) is 23.0 Å². The fraction of sp³-hybridized carbons (Fsp3) is 0.143. The second kappa shape index (κ2) is 7.86. The van der Waals surface area contributed by atoms with Gasteiger partial charge in [-0.15, -0.1) is 0 Å². The van der Waals surface area contributed by atoms with Crippen molar-refractivity contribution in [2.75, 3.05) is 12.4 Å². The largest absolute Gasteiger partial charge is 0.497 e. The number of hydrogen-bond donors (Lipinski definition) is 1. The molecular formula is C21H20FN3O2. The fourth-order valence-corrected chi connectivity index (χ4v) is 2.75. The van der Waals surface area contributed by atoms with Gasteiger partial charge in [0.2, 0.25) is 5.91 Å². The van der Waals surface area contributed by atoms with Crippen LogP contribution in [0.5, 0.6) is 5.75 Å². The summed E-state index contributed by atoms with van der Waals surface area (Å²) in [6, 6.07) is 13.2. The molecule has 1 aromatic heterocycles. The van der Waals surface area contributed by atoms with Crippen LogP contribution >= 0.6 is 0 Å². The molecule has 2 aromatic carbocycles. The Morgan fingerprint density at radius 3 is 2.41 bits per heavy atom. The number of aromatic nitrogens is 2. The van der Waals surface area contributed by atoms with Crippen LogP contribution in [0.2, 0.25) is 0 Å². The van der Waals surface area contributed by atoms with Crippen LogP contribution in [0, 0.1) is 19.7 Å². The summed E-state index contributed by atoms with van der Waals surface area (Å²) in [5.74, 6) is 0.187. The lowest BCUT2D eigenvalue weighted by atomic mass is 10.2. The maximum atomic E-state index is 13.1. The Morgan fingerprint density at radius 1 is 1.11 bits per heavy atom. The predicted molar refractivity (Wildman–Crippen MR) is 104 cm³/mol. The first kappa shape index (κ1) is 18.4. The Hall–Kier alpha value is -3.41. The number of ether oxygens (including phenoxy) is 1. The molecule has 0 aliphatic heterocycles. The smallest absolute Gasteiger partial charge is 0.248 e. The average molecular weight is 365 g/mol. The molecule has 0 aliphatic rings. The van der Waals surface area contributed by atoms with Gasteiger partial charge in [-0.2, -0.15) is 5.10 Å². The van der Waals surface area contributed by atoms with Crippen molar-refractivity contribution >= 4 is 17.7 Å². The highest BCUT2D eigenvalue weighted by Crippen LogP contribution is 2.20. The number of anilines is 1. The van der Waals surface area contributed by atoms with E-state index in [1.807, 2.05) is 13.8 Å². The van der Waals surface area contributed by atoms with E-state index in [4.69, 9.17) is 4.74 Å². The molecule has 1 amide bonds. The Balaban J connectivity index is 1.76. The van der Waals surface area contributed by atoms with Crippen molar-refractivity contribution in [2.24, 2.45) is 0 Å². The number of carbonyl (C=O) groups excluding carboxylic acids is 1. The Morgan fingerprint density at radius 2 is 1.78 bits per heavy atom. The molecule has 1 heterocycles. The molecule has 0 bridgehead atoms. The van der Waals surface area contributed by atoms with Gasteiger partial charge in [-0.1, -0.05) is 0 Å². The fourth-order valence-electron chi connectivity index (χ4n) is 2.75. The van der Waals surface area contributed by atoms with Gasteiger partial charge < -0.3 is 10.1 Å². The zero-order chi connectivity index (χ0) is 19.4. The lowest BCUT2D eigenvalue weighted by molar-refractivity contribution is -0.111. The topological polar surface area (TPSA) is 56.1 Å². The van der Waals surface area contributed by atoms with Crippen LogP contribution in [0.3, 0.4) is 0 Å². The van der Waals surface area contributed by atoms with Gasteiger partial charge in [-0.05, 0) is 68.5 Å². The standard InChI is InChI=1S/C21H20FN3O2/c1-14-20(15(2)25(24-14)18-8-4-16(22)5-9-18)12-13-21(26)23-17-6-10-19(27-3)11-7-17/h4-13H,1-3H3,(H,23,26)/b13-12+. The molecule has 6 heteroatoms. The number of aryl methyl sites for hydroxylation is 1. The van der Waals surface area contributed by atoms with Crippen molar-refractivity contribution in [1.29, 1.82) is 0 Å². The average Bonchev–Trinajstić information content (AvgIpc) is 2.95. The first-order chi connectivity index (χ1) is 13.0. The Bertz CT molecular complexity index is 974. The van der Waals surface area contributed by atoms with E-state index in [2.05, 4.69) is 10.4 Å². The van der Waals surface area contributed by atoms with Crippen LogP contribution in [0.25, 0.3) is 11.8 Å². The summed E-state index contributed by atoms with van der Waals surface area (Å²) >= 11 is 0. The Kier molecular flexibility index (Phi) is 5.35. The van der Waals surface area contributed by atoms with Crippen LogP contribution in [0.1, 0.15) is 17.0 Å². The summed E-state index contributed by atoms with van der Waals surface area (Å²) in [6.45, 7) is 3.78. The van der Waals surface area contributed by atoms with Crippen molar-refractivity contribution in [1.82, 2.24) is 9.78 Å². The van der Waals surface area contributed by atoms with E-state index in [0.29, 0.717) is 5.69 Å². The molecule has 138 valence electrons. The van der Waals surface area contributed by atoms with Crippen LogP contribution in [-0.4, -0.2) is 22.8 Å². The van der Waals surface area contributed by atoms with Crippen LogP contribution in [-0.2, 0) is 4.79 Å². The molecule has 27 heavy (non-hydrogen) atoms. The summed E-state index contributed by atoms with van der Waals surface area (Å²) < 4.78 is 20.0.